The summed E-state index contributed by atoms with van der Waals surface area (Å²) in [5.41, 5.74) is 4.62. The Morgan fingerprint density at radius 1 is 0.875 bits per heavy atom. The van der Waals surface area contributed by atoms with E-state index in [1.165, 1.54) is 0 Å². The lowest BCUT2D eigenvalue weighted by Gasteiger charge is -2.35. The highest BCUT2D eigenvalue weighted by Crippen LogP contribution is 2.29. The molecule has 1 fully saturated rings. The molecule has 1 aliphatic rings. The van der Waals surface area contributed by atoms with Gasteiger partial charge in [-0.3, -0.25) is 4.79 Å². The monoisotopic (exact) mass is 427 g/mol. The summed E-state index contributed by atoms with van der Waals surface area (Å²) in [6, 6.07) is 22.2. The number of benzene rings is 2. The number of amides is 1. The van der Waals surface area contributed by atoms with E-state index in [1.807, 2.05) is 57.9 Å². The maximum absolute atomic E-state index is 11.8. The first-order valence-corrected chi connectivity index (χ1v) is 10.7. The lowest BCUT2D eigenvalue weighted by molar-refractivity contribution is -0.129. The Balaban J connectivity index is 1.59. The van der Waals surface area contributed by atoms with E-state index >= 15 is 0 Å². The van der Waals surface area contributed by atoms with Gasteiger partial charge >= 0.3 is 0 Å². The molecule has 0 bridgehead atoms. The Bertz CT molecular complexity index is 1240. The second-order valence-corrected chi connectivity index (χ2v) is 7.89. The molecule has 4 aromatic rings. The number of hydrogen-bond acceptors (Lipinski definition) is 5. The molecular weight excluding hydrogens is 402 g/mol. The third-order valence-electron chi connectivity index (χ3n) is 5.91. The van der Waals surface area contributed by atoms with E-state index < -0.39 is 0 Å². The number of ether oxygens (including phenoxy) is 1. The van der Waals surface area contributed by atoms with Crippen LogP contribution in [-0.4, -0.2) is 58.7 Å². The first-order valence-electron chi connectivity index (χ1n) is 10.7. The average molecular weight is 428 g/mol. The zero-order valence-electron chi connectivity index (χ0n) is 18.2. The fourth-order valence-corrected chi connectivity index (χ4v) is 4.09. The summed E-state index contributed by atoms with van der Waals surface area (Å²) in [7, 11) is 1.66. The number of carbonyl (C=O) groups excluding carboxylic acids is 1. The Hall–Kier alpha value is -3.87. The average Bonchev–Trinajstić information content (AvgIpc) is 3.28. The van der Waals surface area contributed by atoms with Crippen LogP contribution in [0.3, 0.4) is 0 Å². The van der Waals surface area contributed by atoms with Crippen molar-refractivity contribution in [3.63, 3.8) is 0 Å². The molecule has 1 amide bonds. The molecule has 1 saturated heterocycles. The van der Waals surface area contributed by atoms with Crippen molar-refractivity contribution >= 4 is 17.4 Å². The summed E-state index contributed by atoms with van der Waals surface area (Å²) in [6.45, 7) is 4.54. The molecule has 2 aromatic carbocycles. The lowest BCUT2D eigenvalue weighted by Crippen LogP contribution is -2.48. The largest absolute Gasteiger partial charge is 0.497 e. The van der Waals surface area contributed by atoms with Crippen LogP contribution in [0.15, 0.2) is 66.7 Å². The molecule has 162 valence electrons. The Kier molecular flexibility index (Phi) is 5.23. The third kappa shape index (κ3) is 3.77. The highest BCUT2D eigenvalue weighted by molar-refractivity contribution is 5.74. The molecule has 0 unspecified atom stereocenters. The van der Waals surface area contributed by atoms with Gasteiger partial charge in [-0.05, 0) is 24.3 Å². The smallest absolute Gasteiger partial charge is 0.219 e. The zero-order chi connectivity index (χ0) is 22.1. The van der Waals surface area contributed by atoms with E-state index in [0.29, 0.717) is 13.1 Å². The van der Waals surface area contributed by atoms with Crippen LogP contribution >= 0.6 is 0 Å². The number of anilines is 1. The first kappa shape index (κ1) is 20.1. The number of hydrogen-bond donors (Lipinski definition) is 0. The molecular formula is C25H25N5O2. The van der Waals surface area contributed by atoms with Gasteiger partial charge in [0.25, 0.3) is 0 Å². The molecule has 7 heteroatoms. The van der Waals surface area contributed by atoms with Crippen molar-refractivity contribution < 1.29 is 9.53 Å². The quantitative estimate of drug-likeness (QED) is 0.497. The maximum Gasteiger partial charge on any atom is 0.219 e. The van der Waals surface area contributed by atoms with E-state index in [0.717, 1.165) is 52.8 Å². The first-order chi connectivity index (χ1) is 15.6. The van der Waals surface area contributed by atoms with Crippen molar-refractivity contribution in [3.05, 3.63) is 66.7 Å². The topological polar surface area (TPSA) is 63.0 Å². The van der Waals surface area contributed by atoms with Crippen molar-refractivity contribution in [1.29, 1.82) is 0 Å². The molecule has 3 heterocycles. The Morgan fingerprint density at radius 3 is 2.22 bits per heavy atom. The number of fused-ring (bicyclic) bond motifs is 1. The minimum Gasteiger partial charge on any atom is -0.497 e. The summed E-state index contributed by atoms with van der Waals surface area (Å²) < 4.78 is 7.19. The predicted molar refractivity (Wildman–Crippen MR) is 125 cm³/mol. The lowest BCUT2D eigenvalue weighted by atomic mass is 10.1. The Morgan fingerprint density at radius 2 is 1.56 bits per heavy atom. The molecule has 7 nitrogen and oxygen atoms in total. The van der Waals surface area contributed by atoms with Crippen LogP contribution in [-0.2, 0) is 4.79 Å². The van der Waals surface area contributed by atoms with Crippen molar-refractivity contribution in [1.82, 2.24) is 19.5 Å². The number of nitrogens with zero attached hydrogens (tertiary/aromatic N) is 5. The molecule has 5 rings (SSSR count). The van der Waals surface area contributed by atoms with Crippen LogP contribution in [0.1, 0.15) is 6.92 Å². The van der Waals surface area contributed by atoms with Crippen LogP contribution in [0, 0.1) is 0 Å². The van der Waals surface area contributed by atoms with Gasteiger partial charge in [-0.15, -0.1) is 0 Å². The second kappa shape index (κ2) is 8.34. The fraction of sp³-hybridized carbons (Fsp3) is 0.240. The van der Waals surface area contributed by atoms with Gasteiger partial charge in [0.1, 0.15) is 11.6 Å². The van der Waals surface area contributed by atoms with Gasteiger partial charge < -0.3 is 14.5 Å². The van der Waals surface area contributed by atoms with E-state index in [9.17, 15) is 4.79 Å². The molecule has 1 aliphatic heterocycles. The van der Waals surface area contributed by atoms with Gasteiger partial charge in [0, 0.05) is 56.4 Å². The summed E-state index contributed by atoms with van der Waals surface area (Å²) in [4.78, 5) is 20.8. The second-order valence-electron chi connectivity index (χ2n) is 7.89. The molecule has 0 spiro atoms. The van der Waals surface area contributed by atoms with Crippen molar-refractivity contribution in [2.45, 2.75) is 6.92 Å². The van der Waals surface area contributed by atoms with Gasteiger partial charge in [0.2, 0.25) is 5.91 Å². The highest BCUT2D eigenvalue weighted by atomic mass is 16.5. The van der Waals surface area contributed by atoms with E-state index in [2.05, 4.69) is 23.1 Å². The highest BCUT2D eigenvalue weighted by Gasteiger charge is 2.22. The SMILES string of the molecule is COc1ccc(-c2cc3nc(-c4ccccc4)cc(N4CCN(C(C)=O)CC4)n3n2)cc1. The van der Waals surface area contributed by atoms with Crippen LogP contribution in [0.5, 0.6) is 5.75 Å². The van der Waals surface area contributed by atoms with Crippen LogP contribution in [0.2, 0.25) is 0 Å². The molecule has 0 radical (unpaired) electrons. The van der Waals surface area contributed by atoms with Gasteiger partial charge in [-0.1, -0.05) is 30.3 Å². The summed E-state index contributed by atoms with van der Waals surface area (Å²) in [5.74, 6) is 1.92. The standard InChI is InChI=1S/C25H25N5O2/c1-18(31)28-12-14-29(15-13-28)25-17-22(19-6-4-3-5-7-19)26-24-16-23(27-30(24)25)20-8-10-21(32-2)11-9-20/h3-11,16-17H,12-15H2,1-2H3. The molecule has 0 saturated carbocycles. The minimum atomic E-state index is 0.121. The van der Waals surface area contributed by atoms with Crippen molar-refractivity contribution in [2.24, 2.45) is 0 Å². The van der Waals surface area contributed by atoms with Crippen molar-refractivity contribution in [3.8, 4) is 28.3 Å². The summed E-state index contributed by atoms with van der Waals surface area (Å²) in [6.07, 6.45) is 0. The number of methoxy groups -OCH3 is 1. The number of aromatic nitrogens is 3. The van der Waals surface area contributed by atoms with E-state index in [-0.39, 0.29) is 5.91 Å². The number of carbonyl (C=O) groups is 1. The number of rotatable bonds is 4. The molecule has 0 aliphatic carbocycles. The minimum absolute atomic E-state index is 0.121. The number of piperazine rings is 1. The fourth-order valence-electron chi connectivity index (χ4n) is 4.09. The third-order valence-corrected chi connectivity index (χ3v) is 5.91. The summed E-state index contributed by atoms with van der Waals surface area (Å²) >= 11 is 0. The van der Waals surface area contributed by atoms with Crippen LogP contribution < -0.4 is 9.64 Å². The van der Waals surface area contributed by atoms with Crippen LogP contribution in [0.25, 0.3) is 28.2 Å². The van der Waals surface area contributed by atoms with Gasteiger partial charge in [0.15, 0.2) is 5.65 Å². The normalized spacial score (nSPS) is 14.1. The van der Waals surface area contributed by atoms with Gasteiger partial charge in [-0.2, -0.15) is 9.61 Å². The van der Waals surface area contributed by atoms with Gasteiger partial charge in [-0.25, -0.2) is 4.98 Å². The van der Waals surface area contributed by atoms with Crippen molar-refractivity contribution in [2.75, 3.05) is 38.2 Å². The van der Waals surface area contributed by atoms with Crippen LogP contribution in [0.4, 0.5) is 5.82 Å². The summed E-state index contributed by atoms with van der Waals surface area (Å²) in [5, 5.41) is 4.89. The molecule has 32 heavy (non-hydrogen) atoms. The maximum atomic E-state index is 11.8. The van der Waals surface area contributed by atoms with E-state index in [1.54, 1.807) is 14.0 Å². The van der Waals surface area contributed by atoms with Gasteiger partial charge in [0.05, 0.1) is 18.5 Å². The molecule has 0 N–H and O–H groups in total. The van der Waals surface area contributed by atoms with E-state index in [4.69, 9.17) is 14.8 Å². The zero-order valence-corrected chi connectivity index (χ0v) is 18.2. The molecule has 0 atom stereocenters. The molecule has 2 aromatic heterocycles. The predicted octanol–water partition coefficient (Wildman–Crippen LogP) is 3.74. The Labute approximate surface area is 186 Å².